The van der Waals surface area contributed by atoms with Crippen molar-refractivity contribution < 1.29 is 14.7 Å². The van der Waals surface area contributed by atoms with Crippen molar-refractivity contribution in [3.05, 3.63) is 59.4 Å². The molecular formula is C16H16N2O3. The van der Waals surface area contributed by atoms with Crippen LogP contribution in [0.5, 0.6) is 0 Å². The zero-order chi connectivity index (χ0) is 15.4. The number of aromatic nitrogens is 1. The molecular weight excluding hydrogens is 268 g/mol. The Hall–Kier alpha value is -2.69. The number of anilines is 1. The zero-order valence-corrected chi connectivity index (χ0v) is 11.9. The Kier molecular flexibility index (Phi) is 4.33. The van der Waals surface area contributed by atoms with Gasteiger partial charge in [0.15, 0.2) is 0 Å². The Labute approximate surface area is 122 Å². The number of amides is 1. The molecule has 0 aliphatic rings. The molecule has 0 bridgehead atoms. The van der Waals surface area contributed by atoms with Gasteiger partial charge in [0.2, 0.25) is 0 Å². The van der Waals surface area contributed by atoms with Crippen LogP contribution in [0.4, 0.5) is 5.69 Å². The van der Waals surface area contributed by atoms with Gasteiger partial charge in [-0.25, -0.2) is 4.79 Å². The summed E-state index contributed by atoms with van der Waals surface area (Å²) >= 11 is 0. The summed E-state index contributed by atoms with van der Waals surface area (Å²) in [7, 11) is 0. The summed E-state index contributed by atoms with van der Waals surface area (Å²) in [6.45, 7) is 4.20. The van der Waals surface area contributed by atoms with Crippen LogP contribution in [0.2, 0.25) is 0 Å². The van der Waals surface area contributed by atoms with E-state index in [0.717, 1.165) is 11.3 Å². The van der Waals surface area contributed by atoms with Gasteiger partial charge in [0.25, 0.3) is 5.91 Å². The van der Waals surface area contributed by atoms with Gasteiger partial charge in [0, 0.05) is 18.4 Å². The van der Waals surface area contributed by atoms with Gasteiger partial charge in [0.05, 0.1) is 5.56 Å². The van der Waals surface area contributed by atoms with Gasteiger partial charge in [-0.05, 0) is 43.7 Å². The average molecular weight is 284 g/mol. The van der Waals surface area contributed by atoms with Crippen LogP contribution in [0.25, 0.3) is 0 Å². The number of aryl methyl sites for hydroxylation is 1. The topological polar surface area (TPSA) is 70.5 Å². The number of nitrogens with zero attached hydrogens (tertiary/aromatic N) is 2. The van der Waals surface area contributed by atoms with E-state index in [-0.39, 0.29) is 11.3 Å². The van der Waals surface area contributed by atoms with Crippen LogP contribution in [-0.2, 0) is 0 Å². The highest BCUT2D eigenvalue weighted by Gasteiger charge is 2.23. The molecule has 0 saturated heterocycles. The second kappa shape index (κ2) is 6.17. The lowest BCUT2D eigenvalue weighted by atomic mass is 10.1. The van der Waals surface area contributed by atoms with E-state index in [1.54, 1.807) is 0 Å². The molecule has 0 spiro atoms. The zero-order valence-electron chi connectivity index (χ0n) is 11.9. The van der Waals surface area contributed by atoms with Gasteiger partial charge < -0.3 is 10.0 Å². The molecule has 5 heteroatoms. The molecule has 21 heavy (non-hydrogen) atoms. The molecule has 0 aliphatic carbocycles. The maximum atomic E-state index is 12.6. The molecule has 1 aromatic heterocycles. The lowest BCUT2D eigenvalue weighted by molar-refractivity contribution is 0.0691. The number of carboxylic acids is 1. The van der Waals surface area contributed by atoms with Gasteiger partial charge in [0.1, 0.15) is 5.69 Å². The smallest absolute Gasteiger partial charge is 0.338 e. The number of hydrogen-bond donors (Lipinski definition) is 1. The number of carbonyl (C=O) groups excluding carboxylic acids is 1. The number of carbonyl (C=O) groups is 2. The summed E-state index contributed by atoms with van der Waals surface area (Å²) in [6.07, 6.45) is 1.42. The fourth-order valence-electron chi connectivity index (χ4n) is 2.12. The van der Waals surface area contributed by atoms with E-state index in [4.69, 9.17) is 0 Å². The first-order valence-corrected chi connectivity index (χ1v) is 6.61. The number of aromatic carboxylic acids is 1. The van der Waals surface area contributed by atoms with E-state index in [9.17, 15) is 14.7 Å². The van der Waals surface area contributed by atoms with E-state index in [0.29, 0.717) is 6.54 Å². The van der Waals surface area contributed by atoms with Crippen molar-refractivity contribution in [1.29, 1.82) is 0 Å². The highest BCUT2D eigenvalue weighted by atomic mass is 16.4. The van der Waals surface area contributed by atoms with E-state index >= 15 is 0 Å². The van der Waals surface area contributed by atoms with Crippen LogP contribution in [0.15, 0.2) is 42.6 Å². The lowest BCUT2D eigenvalue weighted by Crippen LogP contribution is -2.32. The van der Waals surface area contributed by atoms with Crippen LogP contribution in [-0.4, -0.2) is 28.5 Å². The largest absolute Gasteiger partial charge is 0.478 e. The molecule has 0 saturated carbocycles. The minimum atomic E-state index is -1.16. The Bertz CT molecular complexity index is 683. The fourth-order valence-corrected chi connectivity index (χ4v) is 2.12. The molecule has 1 N–H and O–H groups in total. The highest BCUT2D eigenvalue weighted by molar-refractivity contribution is 6.10. The molecule has 0 aliphatic heterocycles. The first-order valence-electron chi connectivity index (χ1n) is 6.61. The fraction of sp³-hybridized carbons (Fsp3) is 0.188. The van der Waals surface area contributed by atoms with Gasteiger partial charge in [-0.3, -0.25) is 9.78 Å². The number of pyridine rings is 1. The second-order valence-corrected chi connectivity index (χ2v) is 4.59. The number of hydrogen-bond acceptors (Lipinski definition) is 3. The molecule has 1 amide bonds. The van der Waals surface area contributed by atoms with Crippen LogP contribution in [0, 0.1) is 6.92 Å². The minimum Gasteiger partial charge on any atom is -0.478 e. The lowest BCUT2D eigenvalue weighted by Gasteiger charge is -2.21. The maximum absolute atomic E-state index is 12.6. The van der Waals surface area contributed by atoms with E-state index in [2.05, 4.69) is 4.98 Å². The monoisotopic (exact) mass is 284 g/mol. The Morgan fingerprint density at radius 3 is 2.62 bits per heavy atom. The van der Waals surface area contributed by atoms with Crippen molar-refractivity contribution in [2.75, 3.05) is 11.4 Å². The molecule has 2 rings (SSSR count). The maximum Gasteiger partial charge on any atom is 0.338 e. The standard InChI is InChI=1S/C16H16N2O3/c1-3-18(12-7-4-6-11(2)10-12)15(19)14-13(16(20)21)8-5-9-17-14/h4-10H,3H2,1-2H3,(H,20,21). The molecule has 0 fully saturated rings. The van der Waals surface area contributed by atoms with Gasteiger partial charge in [-0.15, -0.1) is 0 Å². The Balaban J connectivity index is 2.44. The van der Waals surface area contributed by atoms with E-state index in [1.165, 1.54) is 23.2 Å². The van der Waals surface area contributed by atoms with Crippen molar-refractivity contribution >= 4 is 17.6 Å². The minimum absolute atomic E-state index is 0.0478. The molecule has 0 unspecified atom stereocenters. The van der Waals surface area contributed by atoms with Gasteiger partial charge in [-0.2, -0.15) is 0 Å². The van der Waals surface area contributed by atoms with Crippen molar-refractivity contribution in [2.24, 2.45) is 0 Å². The molecule has 5 nitrogen and oxygen atoms in total. The summed E-state index contributed by atoms with van der Waals surface area (Å²) in [6, 6.07) is 10.4. The number of rotatable bonds is 4. The molecule has 108 valence electrons. The molecule has 2 aromatic rings. The van der Waals surface area contributed by atoms with Crippen LogP contribution < -0.4 is 4.90 Å². The second-order valence-electron chi connectivity index (χ2n) is 4.59. The van der Waals surface area contributed by atoms with E-state index in [1.807, 2.05) is 38.1 Å². The Morgan fingerprint density at radius 2 is 2.00 bits per heavy atom. The Morgan fingerprint density at radius 1 is 1.24 bits per heavy atom. The normalized spacial score (nSPS) is 10.2. The number of carboxylic acid groups (broad SMARTS) is 1. The van der Waals surface area contributed by atoms with Gasteiger partial charge >= 0.3 is 5.97 Å². The van der Waals surface area contributed by atoms with E-state index < -0.39 is 11.9 Å². The van der Waals surface area contributed by atoms with Crippen molar-refractivity contribution in [3.63, 3.8) is 0 Å². The predicted octanol–water partition coefficient (Wildman–Crippen LogP) is 2.75. The molecule has 1 aromatic carbocycles. The molecule has 1 heterocycles. The summed E-state index contributed by atoms with van der Waals surface area (Å²) in [5, 5.41) is 9.17. The number of benzene rings is 1. The van der Waals surface area contributed by atoms with Crippen LogP contribution in [0.3, 0.4) is 0 Å². The van der Waals surface area contributed by atoms with Crippen molar-refractivity contribution in [1.82, 2.24) is 4.98 Å². The van der Waals surface area contributed by atoms with Crippen molar-refractivity contribution in [3.8, 4) is 0 Å². The summed E-state index contributed by atoms with van der Waals surface area (Å²) in [5.41, 5.74) is 1.62. The first kappa shape index (κ1) is 14.7. The third-order valence-electron chi connectivity index (χ3n) is 3.12. The summed E-state index contributed by atoms with van der Waals surface area (Å²) in [4.78, 5) is 29.3. The summed E-state index contributed by atoms with van der Waals surface area (Å²) < 4.78 is 0. The van der Waals surface area contributed by atoms with Gasteiger partial charge in [-0.1, -0.05) is 12.1 Å². The SMILES string of the molecule is CCN(C(=O)c1ncccc1C(=O)O)c1cccc(C)c1. The highest BCUT2D eigenvalue weighted by Crippen LogP contribution is 2.19. The quantitative estimate of drug-likeness (QED) is 0.937. The molecule has 0 radical (unpaired) electrons. The van der Waals surface area contributed by atoms with Crippen LogP contribution >= 0.6 is 0 Å². The third kappa shape index (κ3) is 3.08. The third-order valence-corrected chi connectivity index (χ3v) is 3.12. The predicted molar refractivity (Wildman–Crippen MR) is 79.7 cm³/mol. The average Bonchev–Trinajstić information content (AvgIpc) is 2.48. The van der Waals surface area contributed by atoms with Crippen molar-refractivity contribution in [2.45, 2.75) is 13.8 Å². The first-order chi connectivity index (χ1) is 10.0. The van der Waals surface area contributed by atoms with Crippen LogP contribution in [0.1, 0.15) is 33.3 Å². The summed E-state index contributed by atoms with van der Waals surface area (Å²) in [5.74, 6) is -1.58. The molecule has 0 atom stereocenters.